The highest BCUT2D eigenvalue weighted by Gasteiger charge is 2.17. The molecule has 0 aliphatic heterocycles. The number of benzene rings is 1. The van der Waals surface area contributed by atoms with Gasteiger partial charge in [-0.1, -0.05) is 34.8 Å². The minimum absolute atomic E-state index is 0. The largest absolute Gasteiger partial charge is 0.369 e. The van der Waals surface area contributed by atoms with Gasteiger partial charge >= 0.3 is 0 Å². The lowest BCUT2D eigenvalue weighted by molar-refractivity contribution is -0.117. The van der Waals surface area contributed by atoms with Gasteiger partial charge in [-0.15, -0.1) is 17.0 Å². The van der Waals surface area contributed by atoms with E-state index in [-0.39, 0.29) is 33.6 Å². The first-order chi connectivity index (χ1) is 7.95. The fourth-order valence-corrected chi connectivity index (χ4v) is 1.94. The van der Waals surface area contributed by atoms with Crippen LogP contribution in [0.15, 0.2) is 12.1 Å². The average molecular weight is 373 g/mol. The zero-order valence-electron chi connectivity index (χ0n) is 8.91. The highest BCUT2D eigenvalue weighted by atomic mass is 79.9. The number of halogens is 4. The van der Waals surface area contributed by atoms with Crippen LogP contribution >= 0.6 is 51.8 Å². The molecule has 3 N–H and O–H groups in total. The van der Waals surface area contributed by atoms with Crippen molar-refractivity contribution in [2.24, 2.45) is 5.73 Å². The number of rotatable bonds is 4. The standard InChI is InChI=1S/C10H8Cl3N3O.BrH/c11-5-1-6(10(13)7(12)2-5)8(3-14)16-4-9(15)17;/h1-2,8,16H,4H2,(H2,15,17);1H. The minimum Gasteiger partial charge on any atom is -0.369 e. The molecule has 0 saturated heterocycles. The van der Waals surface area contributed by atoms with E-state index >= 15 is 0 Å². The van der Waals surface area contributed by atoms with Crippen molar-refractivity contribution in [2.45, 2.75) is 6.04 Å². The molecule has 0 aliphatic rings. The molecular formula is C10H9BrCl3N3O. The Hall–Kier alpha value is -0.510. The quantitative estimate of drug-likeness (QED) is 0.797. The maximum Gasteiger partial charge on any atom is 0.231 e. The second kappa shape index (κ2) is 7.82. The topological polar surface area (TPSA) is 78.9 Å². The lowest BCUT2D eigenvalue weighted by Gasteiger charge is -2.13. The summed E-state index contributed by atoms with van der Waals surface area (Å²) in [5.41, 5.74) is 5.39. The number of nitrogens with two attached hydrogens (primary N) is 1. The van der Waals surface area contributed by atoms with E-state index in [1.807, 2.05) is 6.07 Å². The molecule has 0 heterocycles. The van der Waals surface area contributed by atoms with Crippen LogP contribution in [0.25, 0.3) is 0 Å². The van der Waals surface area contributed by atoms with Gasteiger partial charge in [0.15, 0.2) is 0 Å². The van der Waals surface area contributed by atoms with Crippen LogP contribution in [0, 0.1) is 11.3 Å². The Balaban J connectivity index is 0.00000289. The molecule has 1 rings (SSSR count). The van der Waals surface area contributed by atoms with Crippen molar-refractivity contribution in [1.29, 1.82) is 5.26 Å². The molecular weight excluding hydrogens is 364 g/mol. The molecule has 0 saturated carbocycles. The van der Waals surface area contributed by atoms with Crippen LogP contribution in [0.3, 0.4) is 0 Å². The summed E-state index contributed by atoms with van der Waals surface area (Å²) in [6.45, 7) is -0.140. The zero-order valence-corrected chi connectivity index (χ0v) is 12.9. The van der Waals surface area contributed by atoms with E-state index < -0.39 is 11.9 Å². The normalized spacial score (nSPS) is 11.2. The van der Waals surface area contributed by atoms with Crippen LogP contribution in [0.2, 0.25) is 15.1 Å². The summed E-state index contributed by atoms with van der Waals surface area (Å²) in [5, 5.41) is 12.5. The van der Waals surface area contributed by atoms with Gasteiger partial charge in [-0.25, -0.2) is 0 Å². The third kappa shape index (κ3) is 4.63. The van der Waals surface area contributed by atoms with E-state index in [0.717, 1.165) is 0 Å². The van der Waals surface area contributed by atoms with E-state index in [1.54, 1.807) is 0 Å². The molecule has 8 heteroatoms. The van der Waals surface area contributed by atoms with Gasteiger partial charge in [-0.2, -0.15) is 5.26 Å². The van der Waals surface area contributed by atoms with Crippen LogP contribution < -0.4 is 11.1 Å². The predicted octanol–water partition coefficient (Wildman–Crippen LogP) is 2.86. The summed E-state index contributed by atoms with van der Waals surface area (Å²) in [6.07, 6.45) is 0. The number of carbonyl (C=O) groups is 1. The third-order valence-corrected chi connectivity index (χ3v) is 2.98. The average Bonchev–Trinajstić information content (AvgIpc) is 2.25. The molecule has 1 amide bonds. The van der Waals surface area contributed by atoms with Gasteiger partial charge in [0.25, 0.3) is 0 Å². The highest BCUT2D eigenvalue weighted by Crippen LogP contribution is 2.33. The first-order valence-corrected chi connectivity index (χ1v) is 5.65. The van der Waals surface area contributed by atoms with Crippen molar-refractivity contribution >= 4 is 57.7 Å². The number of nitrogens with zero attached hydrogens (tertiary/aromatic N) is 1. The molecule has 1 aromatic rings. The second-order valence-electron chi connectivity index (χ2n) is 3.20. The molecule has 98 valence electrons. The molecule has 0 spiro atoms. The molecule has 1 unspecified atom stereocenters. The van der Waals surface area contributed by atoms with Crippen molar-refractivity contribution in [2.75, 3.05) is 6.54 Å². The van der Waals surface area contributed by atoms with E-state index in [2.05, 4.69) is 5.32 Å². The summed E-state index contributed by atoms with van der Waals surface area (Å²) in [7, 11) is 0. The van der Waals surface area contributed by atoms with Crippen LogP contribution in [-0.2, 0) is 4.79 Å². The summed E-state index contributed by atoms with van der Waals surface area (Å²) in [4.78, 5) is 10.6. The summed E-state index contributed by atoms with van der Waals surface area (Å²) >= 11 is 17.6. The van der Waals surface area contributed by atoms with Crippen LogP contribution in [-0.4, -0.2) is 12.5 Å². The smallest absolute Gasteiger partial charge is 0.231 e. The van der Waals surface area contributed by atoms with Crippen LogP contribution in [0.1, 0.15) is 11.6 Å². The number of carbonyl (C=O) groups excluding carboxylic acids is 1. The number of hydrogen-bond donors (Lipinski definition) is 2. The Morgan fingerprint density at radius 1 is 1.44 bits per heavy atom. The number of amides is 1. The second-order valence-corrected chi connectivity index (χ2v) is 4.42. The lowest BCUT2D eigenvalue weighted by atomic mass is 10.1. The number of nitrogens with one attached hydrogen (secondary N) is 1. The van der Waals surface area contributed by atoms with Gasteiger partial charge in [0.05, 0.1) is 22.7 Å². The molecule has 0 aromatic heterocycles. The van der Waals surface area contributed by atoms with Crippen molar-refractivity contribution in [3.8, 4) is 6.07 Å². The van der Waals surface area contributed by atoms with E-state index in [4.69, 9.17) is 45.8 Å². The Morgan fingerprint density at radius 3 is 2.56 bits per heavy atom. The third-order valence-electron chi connectivity index (χ3n) is 1.94. The van der Waals surface area contributed by atoms with Gasteiger partial charge in [0, 0.05) is 10.6 Å². The molecule has 18 heavy (non-hydrogen) atoms. The zero-order chi connectivity index (χ0) is 13.0. The Kier molecular flexibility index (Phi) is 7.60. The maximum absolute atomic E-state index is 10.6. The van der Waals surface area contributed by atoms with Crippen molar-refractivity contribution in [3.05, 3.63) is 32.8 Å². The molecule has 0 radical (unpaired) electrons. The van der Waals surface area contributed by atoms with Gasteiger partial charge in [0.1, 0.15) is 6.04 Å². The highest BCUT2D eigenvalue weighted by molar-refractivity contribution is 8.93. The van der Waals surface area contributed by atoms with Gasteiger partial charge in [-0.05, 0) is 12.1 Å². The van der Waals surface area contributed by atoms with Gasteiger partial charge in [0.2, 0.25) is 5.91 Å². The summed E-state index contributed by atoms with van der Waals surface area (Å²) in [6, 6.07) is 4.13. The SMILES string of the molecule is Br.N#CC(NCC(N)=O)c1cc(Cl)cc(Cl)c1Cl. The fourth-order valence-electron chi connectivity index (χ4n) is 1.21. The van der Waals surface area contributed by atoms with Crippen LogP contribution in [0.4, 0.5) is 0 Å². The number of nitriles is 1. The number of primary amides is 1. The number of hydrogen-bond acceptors (Lipinski definition) is 3. The summed E-state index contributed by atoms with van der Waals surface area (Å²) in [5.74, 6) is -0.575. The monoisotopic (exact) mass is 371 g/mol. The first kappa shape index (κ1) is 17.5. The maximum atomic E-state index is 10.6. The molecule has 1 atom stereocenters. The molecule has 0 fully saturated rings. The van der Waals surface area contributed by atoms with Gasteiger partial charge in [-0.3, -0.25) is 10.1 Å². The molecule has 4 nitrogen and oxygen atoms in total. The predicted molar refractivity (Wildman–Crippen MR) is 77.3 cm³/mol. The Labute approximate surface area is 130 Å². The van der Waals surface area contributed by atoms with Gasteiger partial charge < -0.3 is 5.73 Å². The Bertz CT molecular complexity index is 490. The van der Waals surface area contributed by atoms with E-state index in [9.17, 15) is 4.79 Å². The van der Waals surface area contributed by atoms with Crippen molar-refractivity contribution in [3.63, 3.8) is 0 Å². The minimum atomic E-state index is -0.800. The first-order valence-electron chi connectivity index (χ1n) is 4.51. The van der Waals surface area contributed by atoms with Crippen LogP contribution in [0.5, 0.6) is 0 Å². The Morgan fingerprint density at radius 2 is 2.06 bits per heavy atom. The lowest BCUT2D eigenvalue weighted by Crippen LogP contribution is -2.31. The molecule has 1 aromatic carbocycles. The van der Waals surface area contributed by atoms with E-state index in [1.165, 1.54) is 12.1 Å². The molecule has 0 aliphatic carbocycles. The molecule has 0 bridgehead atoms. The summed E-state index contributed by atoms with van der Waals surface area (Å²) < 4.78 is 0. The van der Waals surface area contributed by atoms with Crippen molar-refractivity contribution in [1.82, 2.24) is 5.32 Å². The van der Waals surface area contributed by atoms with Crippen molar-refractivity contribution < 1.29 is 4.79 Å². The van der Waals surface area contributed by atoms with E-state index in [0.29, 0.717) is 10.6 Å². The fraction of sp³-hybridized carbons (Fsp3) is 0.200.